The number of pyridine rings is 1. The fourth-order valence-corrected chi connectivity index (χ4v) is 5.65. The molecule has 6 heterocycles. The van der Waals surface area contributed by atoms with Crippen molar-refractivity contribution in [3.8, 4) is 11.3 Å². The smallest absolute Gasteiger partial charge is 0.252 e. The van der Waals surface area contributed by atoms with E-state index < -0.39 is 0 Å². The van der Waals surface area contributed by atoms with E-state index >= 15 is 0 Å². The summed E-state index contributed by atoms with van der Waals surface area (Å²) >= 11 is 0. The number of fused-ring (bicyclic) bond motifs is 3. The number of carbonyl (C=O) groups excluding carboxylic acids is 1. The number of hydrogen-bond donors (Lipinski definition) is 1. The Morgan fingerprint density at radius 2 is 1.91 bits per heavy atom. The number of imidazole rings is 1. The summed E-state index contributed by atoms with van der Waals surface area (Å²) in [6.45, 7) is 4.35. The van der Waals surface area contributed by atoms with Crippen molar-refractivity contribution in [2.24, 2.45) is 11.8 Å². The van der Waals surface area contributed by atoms with E-state index in [0.29, 0.717) is 24.8 Å². The molecule has 1 aromatic carbocycles. The van der Waals surface area contributed by atoms with Crippen molar-refractivity contribution in [1.82, 2.24) is 24.7 Å². The van der Waals surface area contributed by atoms with E-state index in [2.05, 4.69) is 44.5 Å². The molecule has 3 aliphatic rings. The highest BCUT2D eigenvalue weighted by atomic mass is 16.5. The monoisotopic (exact) mass is 452 g/mol. The second kappa shape index (κ2) is 7.63. The van der Waals surface area contributed by atoms with Crippen LogP contribution in [0.3, 0.4) is 0 Å². The Hall–Kier alpha value is -3.78. The lowest BCUT2D eigenvalue weighted by atomic mass is 9.93. The van der Waals surface area contributed by atoms with E-state index in [1.165, 1.54) is 5.69 Å². The molecule has 4 aromatic rings. The van der Waals surface area contributed by atoms with Gasteiger partial charge in [0, 0.05) is 67.1 Å². The number of nitrogens with one attached hydrogen (secondary N) is 1. The van der Waals surface area contributed by atoms with Gasteiger partial charge in [-0.2, -0.15) is 0 Å². The average molecular weight is 453 g/mol. The lowest BCUT2D eigenvalue weighted by molar-refractivity contribution is 0.0965. The van der Waals surface area contributed by atoms with Crippen molar-refractivity contribution in [3.05, 3.63) is 77.6 Å². The molecule has 3 aromatic heterocycles. The predicted molar refractivity (Wildman–Crippen MR) is 127 cm³/mol. The highest BCUT2D eigenvalue weighted by Gasteiger charge is 2.37. The maximum absolute atomic E-state index is 12.8. The highest BCUT2D eigenvalue weighted by molar-refractivity contribution is 6.02. The van der Waals surface area contributed by atoms with E-state index in [4.69, 9.17) is 9.72 Å². The predicted octanol–water partition coefficient (Wildman–Crippen LogP) is 2.71. The number of rotatable bonds is 4. The van der Waals surface area contributed by atoms with Gasteiger partial charge >= 0.3 is 0 Å². The largest absolute Gasteiger partial charge is 0.381 e. The van der Waals surface area contributed by atoms with Gasteiger partial charge in [-0.25, -0.2) is 4.98 Å². The molecular formula is C26H24N6O2. The molecule has 1 amide bonds. The Balaban J connectivity index is 1.18. The average Bonchev–Trinajstić information content (AvgIpc) is 3.63. The third-order valence-electron chi connectivity index (χ3n) is 7.43. The first-order valence-corrected chi connectivity index (χ1v) is 11.7. The minimum absolute atomic E-state index is 0.0233. The standard InChI is InChI=1S/C26H24N6O2/c33-26-25-16(7-19-2-3-20(8-28-19)31-12-17-14-34-15-18(17)13-31)1-4-21(22(25)9-30-26)23-10-29-24-11-27-5-6-32(23)24/h1-6,8,10-11,17-18H,7,9,12-15H2,(H,30,33)/t17-,18+. The van der Waals surface area contributed by atoms with Crippen LogP contribution in [-0.4, -0.2) is 51.6 Å². The molecule has 0 radical (unpaired) electrons. The van der Waals surface area contributed by atoms with Crippen molar-refractivity contribution >= 4 is 17.2 Å². The van der Waals surface area contributed by atoms with Crippen LogP contribution >= 0.6 is 0 Å². The first kappa shape index (κ1) is 19.7. The summed E-state index contributed by atoms with van der Waals surface area (Å²) in [4.78, 5) is 28.6. The Morgan fingerprint density at radius 3 is 2.74 bits per heavy atom. The van der Waals surface area contributed by atoms with Crippen molar-refractivity contribution < 1.29 is 9.53 Å². The zero-order chi connectivity index (χ0) is 22.6. The molecule has 34 heavy (non-hydrogen) atoms. The third-order valence-corrected chi connectivity index (χ3v) is 7.43. The highest BCUT2D eigenvalue weighted by Crippen LogP contribution is 2.34. The summed E-state index contributed by atoms with van der Waals surface area (Å²) in [5.41, 5.74) is 7.66. The molecule has 170 valence electrons. The third kappa shape index (κ3) is 3.09. The van der Waals surface area contributed by atoms with Gasteiger partial charge in [0.25, 0.3) is 5.91 Å². The van der Waals surface area contributed by atoms with Gasteiger partial charge in [-0.1, -0.05) is 12.1 Å². The first-order chi connectivity index (χ1) is 16.7. The zero-order valence-electron chi connectivity index (χ0n) is 18.6. The molecule has 0 saturated carbocycles. The molecule has 1 N–H and O–H groups in total. The van der Waals surface area contributed by atoms with Gasteiger partial charge < -0.3 is 15.0 Å². The number of hydrogen-bond acceptors (Lipinski definition) is 6. The van der Waals surface area contributed by atoms with E-state index in [0.717, 1.165) is 65.6 Å². The lowest BCUT2D eigenvalue weighted by Crippen LogP contribution is -2.22. The van der Waals surface area contributed by atoms with Gasteiger partial charge in [0.15, 0.2) is 5.65 Å². The number of amides is 1. The minimum Gasteiger partial charge on any atom is -0.381 e. The van der Waals surface area contributed by atoms with Crippen molar-refractivity contribution in [2.75, 3.05) is 31.2 Å². The summed E-state index contributed by atoms with van der Waals surface area (Å²) < 4.78 is 7.60. The molecule has 2 saturated heterocycles. The maximum atomic E-state index is 12.8. The Labute approximate surface area is 196 Å². The molecule has 2 atom stereocenters. The second-order valence-corrected chi connectivity index (χ2v) is 9.40. The number of anilines is 1. The summed E-state index contributed by atoms with van der Waals surface area (Å²) in [5, 5.41) is 3.01. The maximum Gasteiger partial charge on any atom is 0.252 e. The molecule has 8 nitrogen and oxygen atoms in total. The van der Waals surface area contributed by atoms with Gasteiger partial charge in [0.2, 0.25) is 0 Å². The molecule has 2 fully saturated rings. The fourth-order valence-electron chi connectivity index (χ4n) is 5.65. The topological polar surface area (TPSA) is 84.7 Å². The quantitative estimate of drug-likeness (QED) is 0.513. The van der Waals surface area contributed by atoms with Crippen molar-refractivity contribution in [1.29, 1.82) is 0 Å². The van der Waals surface area contributed by atoms with Crippen LogP contribution in [0, 0.1) is 11.8 Å². The van der Waals surface area contributed by atoms with E-state index in [1.54, 1.807) is 12.4 Å². The van der Waals surface area contributed by atoms with Gasteiger partial charge in [-0.15, -0.1) is 0 Å². The Morgan fingerprint density at radius 1 is 1.03 bits per heavy atom. The van der Waals surface area contributed by atoms with E-state index in [1.807, 2.05) is 23.0 Å². The number of ether oxygens (including phenoxy) is 1. The van der Waals surface area contributed by atoms with Crippen LogP contribution in [-0.2, 0) is 17.7 Å². The lowest BCUT2D eigenvalue weighted by Gasteiger charge is -2.19. The molecule has 0 aliphatic carbocycles. The number of nitrogens with zero attached hydrogens (tertiary/aromatic N) is 5. The summed E-state index contributed by atoms with van der Waals surface area (Å²) in [6.07, 6.45) is 9.81. The molecule has 0 unspecified atom stereocenters. The van der Waals surface area contributed by atoms with Crippen LogP contribution in [0.2, 0.25) is 0 Å². The van der Waals surface area contributed by atoms with Crippen molar-refractivity contribution in [3.63, 3.8) is 0 Å². The van der Waals surface area contributed by atoms with Crippen LogP contribution in [0.25, 0.3) is 16.9 Å². The molecule has 7 rings (SSSR count). The summed E-state index contributed by atoms with van der Waals surface area (Å²) in [6, 6.07) is 8.39. The second-order valence-electron chi connectivity index (χ2n) is 9.40. The zero-order valence-corrected chi connectivity index (χ0v) is 18.6. The van der Waals surface area contributed by atoms with E-state index in [9.17, 15) is 4.79 Å². The first-order valence-electron chi connectivity index (χ1n) is 11.7. The summed E-state index contributed by atoms with van der Waals surface area (Å²) in [5.74, 6) is 1.26. The van der Waals surface area contributed by atoms with Crippen LogP contribution in [0.1, 0.15) is 27.2 Å². The molecule has 3 aliphatic heterocycles. The molecule has 8 heteroatoms. The Bertz CT molecular complexity index is 1400. The van der Waals surface area contributed by atoms with Crippen molar-refractivity contribution in [2.45, 2.75) is 13.0 Å². The fraction of sp³-hybridized carbons (Fsp3) is 0.308. The normalized spacial score (nSPS) is 21.2. The van der Waals surface area contributed by atoms with Gasteiger partial charge in [-0.05, 0) is 23.3 Å². The minimum atomic E-state index is -0.0233. The number of carbonyl (C=O) groups is 1. The van der Waals surface area contributed by atoms with Crippen LogP contribution in [0.4, 0.5) is 5.69 Å². The number of benzene rings is 1. The molecular weight excluding hydrogens is 428 g/mol. The molecule has 0 spiro atoms. The van der Waals surface area contributed by atoms with Crippen LogP contribution in [0.15, 0.2) is 55.2 Å². The van der Waals surface area contributed by atoms with Gasteiger partial charge in [0.1, 0.15) is 0 Å². The Kier molecular flexibility index (Phi) is 4.41. The summed E-state index contributed by atoms with van der Waals surface area (Å²) in [7, 11) is 0. The van der Waals surface area contributed by atoms with E-state index in [-0.39, 0.29) is 5.91 Å². The van der Waals surface area contributed by atoms with Gasteiger partial charge in [0.05, 0.1) is 43.2 Å². The SMILES string of the molecule is O=C1NCc2c(-c3cnc4cnccn34)ccc(Cc3ccc(N4C[C@H]5COC[C@H]5C4)cn3)c21. The van der Waals surface area contributed by atoms with Crippen LogP contribution < -0.4 is 10.2 Å². The van der Waals surface area contributed by atoms with Crippen LogP contribution in [0.5, 0.6) is 0 Å². The molecule has 0 bridgehead atoms. The number of aromatic nitrogens is 4. The van der Waals surface area contributed by atoms with Gasteiger partial charge in [-0.3, -0.25) is 19.2 Å².